The van der Waals surface area contributed by atoms with Crippen molar-refractivity contribution >= 4 is 5.69 Å². The zero-order valence-electron chi connectivity index (χ0n) is 11.1. The van der Waals surface area contributed by atoms with Gasteiger partial charge in [-0.1, -0.05) is 0 Å². The maximum atomic E-state index is 5.83. The molecule has 1 fully saturated rings. The van der Waals surface area contributed by atoms with Crippen LogP contribution in [0.4, 0.5) is 5.69 Å². The Morgan fingerprint density at radius 2 is 2.26 bits per heavy atom. The van der Waals surface area contributed by atoms with E-state index in [2.05, 4.69) is 16.0 Å². The van der Waals surface area contributed by atoms with Gasteiger partial charge >= 0.3 is 0 Å². The lowest BCUT2D eigenvalue weighted by atomic mass is 10.2. The number of anilines is 1. The number of nitrogens with zero attached hydrogens (tertiary/aromatic N) is 2. The summed E-state index contributed by atoms with van der Waals surface area (Å²) >= 11 is 0. The zero-order chi connectivity index (χ0) is 13.2. The smallest absolute Gasteiger partial charge is 0.123 e. The van der Waals surface area contributed by atoms with Crippen molar-refractivity contribution in [1.29, 1.82) is 0 Å². The lowest BCUT2D eigenvalue weighted by molar-refractivity contribution is 0.501. The molecule has 4 heteroatoms. The Balaban J connectivity index is 1.79. The van der Waals surface area contributed by atoms with Gasteiger partial charge in [0.05, 0.1) is 30.4 Å². The molecule has 0 saturated heterocycles. The molecule has 1 aliphatic carbocycles. The highest BCUT2D eigenvalue weighted by atomic mass is 16.3. The van der Waals surface area contributed by atoms with E-state index in [1.165, 1.54) is 12.8 Å². The highest BCUT2D eigenvalue weighted by Crippen LogP contribution is 2.33. The second kappa shape index (κ2) is 5.05. The number of pyridine rings is 1. The molecule has 0 radical (unpaired) electrons. The first-order valence-corrected chi connectivity index (χ1v) is 6.74. The fourth-order valence-corrected chi connectivity index (χ4v) is 2.22. The van der Waals surface area contributed by atoms with Crippen LogP contribution in [0.3, 0.4) is 0 Å². The fourth-order valence-electron chi connectivity index (χ4n) is 2.22. The lowest BCUT2D eigenvalue weighted by Crippen LogP contribution is -2.25. The summed E-state index contributed by atoms with van der Waals surface area (Å²) in [6.45, 7) is 2.75. The van der Waals surface area contributed by atoms with E-state index in [1.54, 1.807) is 6.26 Å². The van der Waals surface area contributed by atoms with Crippen LogP contribution in [0.5, 0.6) is 0 Å². The summed E-state index contributed by atoms with van der Waals surface area (Å²) in [6.07, 6.45) is 6.13. The number of hydrogen-bond acceptors (Lipinski definition) is 4. The minimum absolute atomic E-state index is 0.0199. The molecule has 4 nitrogen and oxygen atoms in total. The Morgan fingerprint density at radius 1 is 1.42 bits per heavy atom. The van der Waals surface area contributed by atoms with E-state index in [0.717, 1.165) is 23.7 Å². The summed E-state index contributed by atoms with van der Waals surface area (Å²) in [5.74, 6) is 0.989. The molecule has 0 unspecified atom stereocenters. The summed E-state index contributed by atoms with van der Waals surface area (Å²) in [5, 5.41) is 0. The van der Waals surface area contributed by atoms with E-state index in [4.69, 9.17) is 10.2 Å². The molecule has 1 aliphatic rings. The van der Waals surface area contributed by atoms with Crippen LogP contribution in [-0.4, -0.2) is 11.0 Å². The predicted octanol–water partition coefficient (Wildman–Crippen LogP) is 2.86. The number of aromatic nitrogens is 1. The minimum atomic E-state index is -0.0199. The topological polar surface area (TPSA) is 55.3 Å². The van der Waals surface area contributed by atoms with Gasteiger partial charge in [-0.3, -0.25) is 4.98 Å². The van der Waals surface area contributed by atoms with Gasteiger partial charge < -0.3 is 15.1 Å². The van der Waals surface area contributed by atoms with Crippen LogP contribution in [0, 0.1) is 0 Å². The number of hydrogen-bond donors (Lipinski definition) is 1. The first-order valence-electron chi connectivity index (χ1n) is 6.74. The molecule has 0 aliphatic heterocycles. The van der Waals surface area contributed by atoms with Crippen molar-refractivity contribution in [3.63, 3.8) is 0 Å². The van der Waals surface area contributed by atoms with Crippen molar-refractivity contribution in [2.24, 2.45) is 5.73 Å². The largest absolute Gasteiger partial charge is 0.467 e. The van der Waals surface area contributed by atoms with Crippen molar-refractivity contribution in [2.45, 2.75) is 38.4 Å². The highest BCUT2D eigenvalue weighted by molar-refractivity contribution is 5.47. The molecular weight excluding hydrogens is 238 g/mol. The molecular formula is C15H19N3O. The molecule has 19 heavy (non-hydrogen) atoms. The maximum absolute atomic E-state index is 5.83. The van der Waals surface area contributed by atoms with Crippen molar-refractivity contribution in [2.75, 3.05) is 4.90 Å². The van der Waals surface area contributed by atoms with E-state index in [0.29, 0.717) is 6.04 Å². The lowest BCUT2D eigenvalue weighted by Gasteiger charge is -2.23. The molecule has 0 spiro atoms. The number of nitrogens with two attached hydrogens (primary N) is 1. The second-order valence-corrected chi connectivity index (χ2v) is 5.17. The number of furan rings is 1. The molecule has 2 N–H and O–H groups in total. The minimum Gasteiger partial charge on any atom is -0.467 e. The first kappa shape index (κ1) is 12.2. The van der Waals surface area contributed by atoms with Gasteiger partial charge in [-0.25, -0.2) is 0 Å². The Hall–Kier alpha value is -1.81. The van der Waals surface area contributed by atoms with Gasteiger partial charge in [0.15, 0.2) is 0 Å². The second-order valence-electron chi connectivity index (χ2n) is 5.17. The molecule has 100 valence electrons. The summed E-state index contributed by atoms with van der Waals surface area (Å²) in [7, 11) is 0. The Morgan fingerprint density at radius 3 is 2.79 bits per heavy atom. The standard InChI is InChI=1S/C15H19N3O/c1-11(16)15-7-6-13(9-17-15)18(12-4-5-12)10-14-3-2-8-19-14/h2-3,6-9,11-12H,4-5,10,16H2,1H3/t11-/m0/s1. The van der Waals surface area contributed by atoms with Gasteiger partial charge in [0, 0.05) is 12.1 Å². The Labute approximate surface area is 113 Å². The third-order valence-electron chi connectivity index (χ3n) is 3.46. The third kappa shape index (κ3) is 2.79. The quantitative estimate of drug-likeness (QED) is 0.894. The van der Waals surface area contributed by atoms with Gasteiger partial charge in [0.2, 0.25) is 0 Å². The molecule has 2 heterocycles. The monoisotopic (exact) mass is 257 g/mol. The van der Waals surface area contributed by atoms with Crippen LogP contribution in [0.1, 0.15) is 37.3 Å². The average molecular weight is 257 g/mol. The highest BCUT2D eigenvalue weighted by Gasteiger charge is 2.30. The van der Waals surface area contributed by atoms with E-state index >= 15 is 0 Å². The van der Waals surface area contributed by atoms with Gasteiger partial charge in [-0.15, -0.1) is 0 Å². The summed E-state index contributed by atoms with van der Waals surface area (Å²) in [5.41, 5.74) is 7.90. The summed E-state index contributed by atoms with van der Waals surface area (Å²) < 4.78 is 5.44. The van der Waals surface area contributed by atoms with Gasteiger partial charge in [0.25, 0.3) is 0 Å². The van der Waals surface area contributed by atoms with Crippen LogP contribution < -0.4 is 10.6 Å². The first-order chi connectivity index (χ1) is 9.24. The molecule has 0 amide bonds. The SMILES string of the molecule is C[C@H](N)c1ccc(N(Cc2ccco2)C2CC2)cn1. The average Bonchev–Trinajstić information content (AvgIpc) is 3.13. The molecule has 0 bridgehead atoms. The predicted molar refractivity (Wildman–Crippen MR) is 74.8 cm³/mol. The normalized spacial score (nSPS) is 16.3. The van der Waals surface area contributed by atoms with Gasteiger partial charge in [0.1, 0.15) is 5.76 Å². The van der Waals surface area contributed by atoms with Crippen LogP contribution in [0.2, 0.25) is 0 Å². The van der Waals surface area contributed by atoms with Crippen molar-refractivity contribution < 1.29 is 4.42 Å². The molecule has 0 aromatic carbocycles. The third-order valence-corrected chi connectivity index (χ3v) is 3.46. The van der Waals surface area contributed by atoms with Crippen LogP contribution in [-0.2, 0) is 6.54 Å². The van der Waals surface area contributed by atoms with Crippen molar-refractivity contribution in [3.05, 3.63) is 48.2 Å². The number of rotatable bonds is 5. The van der Waals surface area contributed by atoms with Gasteiger partial charge in [-0.2, -0.15) is 0 Å². The van der Waals surface area contributed by atoms with Crippen LogP contribution in [0.15, 0.2) is 41.1 Å². The van der Waals surface area contributed by atoms with E-state index in [9.17, 15) is 0 Å². The molecule has 1 atom stereocenters. The zero-order valence-corrected chi connectivity index (χ0v) is 11.1. The molecule has 1 saturated carbocycles. The summed E-state index contributed by atoms with van der Waals surface area (Å²) in [6, 6.07) is 8.66. The summed E-state index contributed by atoms with van der Waals surface area (Å²) in [4.78, 5) is 6.80. The fraction of sp³-hybridized carbons (Fsp3) is 0.400. The Bertz CT molecular complexity index is 515. The van der Waals surface area contributed by atoms with E-state index < -0.39 is 0 Å². The van der Waals surface area contributed by atoms with E-state index in [-0.39, 0.29) is 6.04 Å². The maximum Gasteiger partial charge on any atom is 0.123 e. The molecule has 2 aromatic rings. The Kier molecular flexibility index (Phi) is 3.25. The van der Waals surface area contributed by atoms with Crippen LogP contribution in [0.25, 0.3) is 0 Å². The van der Waals surface area contributed by atoms with Gasteiger partial charge in [-0.05, 0) is 44.0 Å². The van der Waals surface area contributed by atoms with Crippen molar-refractivity contribution in [3.8, 4) is 0 Å². The van der Waals surface area contributed by atoms with Crippen LogP contribution >= 0.6 is 0 Å². The van der Waals surface area contributed by atoms with E-state index in [1.807, 2.05) is 31.3 Å². The molecule has 2 aromatic heterocycles. The molecule has 3 rings (SSSR count). The van der Waals surface area contributed by atoms with Crippen molar-refractivity contribution in [1.82, 2.24) is 4.98 Å².